The Bertz CT molecular complexity index is 1210. The first kappa shape index (κ1) is 22.3. The highest BCUT2D eigenvalue weighted by atomic mass is 32.2. The van der Waals surface area contributed by atoms with Crippen molar-refractivity contribution in [1.29, 1.82) is 0 Å². The van der Waals surface area contributed by atoms with Crippen molar-refractivity contribution in [2.24, 2.45) is 5.92 Å². The number of aromatic nitrogens is 2. The molecule has 5 rings (SSSR count). The van der Waals surface area contributed by atoms with Gasteiger partial charge in [0.05, 0.1) is 11.4 Å². The molecular formula is C28H26N2O3S. The van der Waals surface area contributed by atoms with Gasteiger partial charge in [-0.2, -0.15) is 0 Å². The maximum absolute atomic E-state index is 10.9. The summed E-state index contributed by atoms with van der Waals surface area (Å²) in [5.74, 6) is 1.25. The molecule has 2 N–H and O–H groups in total. The van der Waals surface area contributed by atoms with Crippen molar-refractivity contribution in [3.8, 4) is 28.3 Å². The SMILES string of the molecule is O=C(O)COc1cccc2c1CCC(CSc1nc(-c3ccccc3)c(-c3ccccc3)[nH]1)C2. The van der Waals surface area contributed by atoms with Crippen molar-refractivity contribution in [3.63, 3.8) is 0 Å². The van der Waals surface area contributed by atoms with Crippen LogP contribution in [-0.4, -0.2) is 33.4 Å². The molecule has 0 saturated heterocycles. The Morgan fingerprint density at radius 3 is 2.47 bits per heavy atom. The maximum atomic E-state index is 10.9. The van der Waals surface area contributed by atoms with Crippen LogP contribution in [0.15, 0.2) is 84.0 Å². The minimum absolute atomic E-state index is 0.304. The number of carboxylic acids is 1. The number of carbonyl (C=O) groups is 1. The molecule has 0 bridgehead atoms. The smallest absolute Gasteiger partial charge is 0.341 e. The number of benzene rings is 3. The lowest BCUT2D eigenvalue weighted by Crippen LogP contribution is -2.18. The van der Waals surface area contributed by atoms with Gasteiger partial charge < -0.3 is 14.8 Å². The summed E-state index contributed by atoms with van der Waals surface area (Å²) in [4.78, 5) is 19.4. The van der Waals surface area contributed by atoms with Crippen LogP contribution in [-0.2, 0) is 17.6 Å². The summed E-state index contributed by atoms with van der Waals surface area (Å²) in [5.41, 5.74) is 6.66. The van der Waals surface area contributed by atoms with Crippen molar-refractivity contribution >= 4 is 17.7 Å². The maximum Gasteiger partial charge on any atom is 0.341 e. The highest BCUT2D eigenvalue weighted by Crippen LogP contribution is 2.36. The largest absolute Gasteiger partial charge is 0.482 e. The lowest BCUT2D eigenvalue weighted by atomic mass is 9.84. The van der Waals surface area contributed by atoms with E-state index in [0.29, 0.717) is 11.7 Å². The van der Waals surface area contributed by atoms with E-state index in [0.717, 1.165) is 58.2 Å². The normalized spacial score (nSPS) is 15.0. The third-order valence-corrected chi connectivity index (χ3v) is 7.24. The number of nitrogens with zero attached hydrogens (tertiary/aromatic N) is 1. The highest BCUT2D eigenvalue weighted by Gasteiger charge is 2.23. The molecule has 6 heteroatoms. The van der Waals surface area contributed by atoms with E-state index < -0.39 is 5.97 Å². The lowest BCUT2D eigenvalue weighted by molar-refractivity contribution is -0.139. The van der Waals surface area contributed by atoms with E-state index in [4.69, 9.17) is 14.8 Å². The molecule has 1 aromatic heterocycles. The topological polar surface area (TPSA) is 75.2 Å². The fraction of sp³-hybridized carbons (Fsp3) is 0.214. The first-order valence-electron chi connectivity index (χ1n) is 11.5. The van der Waals surface area contributed by atoms with E-state index >= 15 is 0 Å². The average Bonchev–Trinajstić information content (AvgIpc) is 3.31. The Morgan fingerprint density at radius 1 is 1.00 bits per heavy atom. The molecule has 0 spiro atoms. The van der Waals surface area contributed by atoms with E-state index in [-0.39, 0.29) is 6.61 Å². The van der Waals surface area contributed by atoms with Crippen LogP contribution in [0.5, 0.6) is 5.75 Å². The van der Waals surface area contributed by atoms with Crippen LogP contribution < -0.4 is 4.74 Å². The van der Waals surface area contributed by atoms with Gasteiger partial charge in [0.25, 0.3) is 0 Å². The molecule has 34 heavy (non-hydrogen) atoms. The van der Waals surface area contributed by atoms with E-state index in [2.05, 4.69) is 35.3 Å². The van der Waals surface area contributed by atoms with Crippen LogP contribution in [0, 0.1) is 5.92 Å². The second-order valence-corrected chi connectivity index (χ2v) is 9.50. The molecule has 5 nitrogen and oxygen atoms in total. The third-order valence-electron chi connectivity index (χ3n) is 6.14. The van der Waals surface area contributed by atoms with Gasteiger partial charge in [-0.15, -0.1) is 0 Å². The predicted molar refractivity (Wildman–Crippen MR) is 135 cm³/mol. The summed E-state index contributed by atoms with van der Waals surface area (Å²) >= 11 is 1.77. The first-order valence-corrected chi connectivity index (χ1v) is 12.4. The Morgan fingerprint density at radius 2 is 1.74 bits per heavy atom. The second kappa shape index (κ2) is 10.2. The fourth-order valence-corrected chi connectivity index (χ4v) is 5.51. The molecule has 1 atom stereocenters. The number of imidazole rings is 1. The van der Waals surface area contributed by atoms with Gasteiger partial charge in [0.15, 0.2) is 11.8 Å². The zero-order valence-electron chi connectivity index (χ0n) is 18.7. The summed E-state index contributed by atoms with van der Waals surface area (Å²) < 4.78 is 5.51. The zero-order valence-corrected chi connectivity index (χ0v) is 19.6. The van der Waals surface area contributed by atoms with Gasteiger partial charge in [-0.05, 0) is 42.4 Å². The Balaban J connectivity index is 1.31. The molecule has 0 aliphatic heterocycles. The van der Waals surface area contributed by atoms with Gasteiger partial charge in [0.1, 0.15) is 5.75 Å². The summed E-state index contributed by atoms with van der Waals surface area (Å²) in [7, 11) is 0. The number of aromatic amines is 1. The summed E-state index contributed by atoms with van der Waals surface area (Å²) in [6, 6.07) is 26.6. The van der Waals surface area contributed by atoms with E-state index in [1.165, 1.54) is 5.56 Å². The Kier molecular flexibility index (Phi) is 6.67. The molecule has 0 fully saturated rings. The first-order chi connectivity index (χ1) is 16.7. The molecule has 0 radical (unpaired) electrons. The number of carboxylic acid groups (broad SMARTS) is 1. The third kappa shape index (κ3) is 5.02. The number of hydrogen-bond acceptors (Lipinski definition) is 4. The molecule has 4 aromatic rings. The number of rotatable bonds is 8. The minimum atomic E-state index is -0.953. The van der Waals surface area contributed by atoms with Crippen LogP contribution in [0.4, 0.5) is 0 Å². The average molecular weight is 471 g/mol. The molecule has 1 heterocycles. The van der Waals surface area contributed by atoms with Gasteiger partial charge in [-0.1, -0.05) is 84.6 Å². The number of aliphatic carboxylic acids is 1. The number of thioether (sulfide) groups is 1. The molecule has 0 saturated carbocycles. The highest BCUT2D eigenvalue weighted by molar-refractivity contribution is 7.99. The standard InChI is InChI=1S/C28H26N2O3S/c31-25(32)17-33-24-13-7-12-22-16-19(14-15-23(22)24)18-34-28-29-26(20-8-3-1-4-9-20)27(30-28)21-10-5-2-6-11-21/h1-13,19H,14-18H2,(H,29,30)(H,31,32). The number of ether oxygens (including phenoxy) is 1. The van der Waals surface area contributed by atoms with Gasteiger partial charge >= 0.3 is 5.97 Å². The quantitative estimate of drug-likeness (QED) is 0.304. The fourth-order valence-electron chi connectivity index (χ4n) is 4.50. The van der Waals surface area contributed by atoms with Crippen LogP contribution in [0.3, 0.4) is 0 Å². The molecule has 0 amide bonds. The van der Waals surface area contributed by atoms with Crippen LogP contribution >= 0.6 is 11.8 Å². The van der Waals surface area contributed by atoms with E-state index in [1.807, 2.05) is 48.5 Å². The van der Waals surface area contributed by atoms with Gasteiger partial charge in [-0.3, -0.25) is 0 Å². The van der Waals surface area contributed by atoms with Crippen molar-refractivity contribution in [3.05, 3.63) is 90.0 Å². The zero-order chi connectivity index (χ0) is 23.3. The summed E-state index contributed by atoms with van der Waals surface area (Å²) in [5, 5.41) is 9.86. The minimum Gasteiger partial charge on any atom is -0.482 e. The molecule has 172 valence electrons. The van der Waals surface area contributed by atoms with Gasteiger partial charge in [0, 0.05) is 16.9 Å². The van der Waals surface area contributed by atoms with Crippen molar-refractivity contribution in [2.45, 2.75) is 24.4 Å². The van der Waals surface area contributed by atoms with Crippen LogP contribution in [0.25, 0.3) is 22.5 Å². The number of fused-ring (bicyclic) bond motifs is 1. The summed E-state index contributed by atoms with van der Waals surface area (Å²) in [6.07, 6.45) is 2.91. The molecule has 1 aliphatic carbocycles. The number of hydrogen-bond donors (Lipinski definition) is 2. The number of nitrogens with one attached hydrogen (secondary N) is 1. The van der Waals surface area contributed by atoms with Crippen LogP contribution in [0.2, 0.25) is 0 Å². The second-order valence-electron chi connectivity index (χ2n) is 8.49. The Labute approximate surface area is 203 Å². The predicted octanol–water partition coefficient (Wildman–Crippen LogP) is 6.10. The van der Waals surface area contributed by atoms with Crippen molar-refractivity contribution in [1.82, 2.24) is 9.97 Å². The van der Waals surface area contributed by atoms with E-state index in [1.54, 1.807) is 11.8 Å². The molecule has 3 aromatic carbocycles. The van der Waals surface area contributed by atoms with Gasteiger partial charge in [0.2, 0.25) is 0 Å². The molecular weight excluding hydrogens is 444 g/mol. The van der Waals surface area contributed by atoms with Crippen molar-refractivity contribution < 1.29 is 14.6 Å². The molecule has 1 aliphatic rings. The lowest BCUT2D eigenvalue weighted by Gasteiger charge is -2.25. The van der Waals surface area contributed by atoms with Crippen LogP contribution in [0.1, 0.15) is 17.5 Å². The number of H-pyrrole nitrogens is 1. The van der Waals surface area contributed by atoms with Gasteiger partial charge in [-0.25, -0.2) is 9.78 Å². The summed E-state index contributed by atoms with van der Waals surface area (Å²) in [6.45, 7) is -0.304. The monoisotopic (exact) mass is 470 g/mol. The Hall–Kier alpha value is -3.51. The van der Waals surface area contributed by atoms with Crippen molar-refractivity contribution in [2.75, 3.05) is 12.4 Å². The van der Waals surface area contributed by atoms with E-state index in [9.17, 15) is 4.79 Å². The molecule has 1 unspecified atom stereocenters.